The molecule has 0 aliphatic heterocycles. The van der Waals surface area contributed by atoms with Crippen LogP contribution in [0.15, 0.2) is 4.42 Å². The summed E-state index contributed by atoms with van der Waals surface area (Å²) in [5.74, 6) is 0.651. The molecule has 0 radical (unpaired) electrons. The molecule has 1 atom stereocenters. The molecule has 4 nitrogen and oxygen atoms in total. The summed E-state index contributed by atoms with van der Waals surface area (Å²) < 4.78 is 10.4. The number of methoxy groups -OCH3 is 1. The summed E-state index contributed by atoms with van der Waals surface area (Å²) in [6, 6.07) is 0. The second kappa shape index (κ2) is 6.22. The van der Waals surface area contributed by atoms with Gasteiger partial charge in [0.1, 0.15) is 0 Å². The molecule has 0 bridgehead atoms. The van der Waals surface area contributed by atoms with E-state index in [1.54, 1.807) is 0 Å². The fraction of sp³-hybridized carbons (Fsp3) is 0.733. The van der Waals surface area contributed by atoms with Crippen molar-refractivity contribution >= 4 is 5.97 Å². The lowest BCUT2D eigenvalue weighted by Gasteiger charge is -2.15. The molecule has 1 aromatic heterocycles. The number of hydrogen-bond acceptors (Lipinski definition) is 4. The third-order valence-electron chi connectivity index (χ3n) is 3.14. The van der Waals surface area contributed by atoms with Crippen LogP contribution in [0.3, 0.4) is 0 Å². The Morgan fingerprint density at radius 3 is 2.53 bits per heavy atom. The van der Waals surface area contributed by atoms with Gasteiger partial charge in [0.25, 0.3) is 0 Å². The van der Waals surface area contributed by atoms with E-state index in [-0.39, 0.29) is 17.1 Å². The van der Waals surface area contributed by atoms with Gasteiger partial charge in [-0.2, -0.15) is 0 Å². The second-order valence-corrected chi connectivity index (χ2v) is 6.01. The first kappa shape index (κ1) is 15.7. The molecule has 0 N–H and O–H groups in total. The van der Waals surface area contributed by atoms with Gasteiger partial charge < -0.3 is 9.15 Å². The van der Waals surface area contributed by atoms with Crippen molar-refractivity contribution in [2.45, 2.75) is 65.2 Å². The molecule has 0 saturated carbocycles. The smallest absolute Gasteiger partial charge is 0.376 e. The van der Waals surface area contributed by atoms with Crippen LogP contribution < -0.4 is 0 Å². The van der Waals surface area contributed by atoms with E-state index in [9.17, 15) is 4.79 Å². The van der Waals surface area contributed by atoms with E-state index in [1.165, 1.54) is 7.11 Å². The molecule has 0 spiro atoms. The molecule has 0 aliphatic carbocycles. The molecule has 1 aromatic rings. The molecule has 0 amide bonds. The van der Waals surface area contributed by atoms with Crippen molar-refractivity contribution in [1.82, 2.24) is 4.98 Å². The van der Waals surface area contributed by atoms with Crippen LogP contribution in [0, 0.1) is 0 Å². The number of unbranched alkanes of at least 4 members (excludes halogenated alkanes) is 1. The van der Waals surface area contributed by atoms with Gasteiger partial charge in [0.05, 0.1) is 12.8 Å². The van der Waals surface area contributed by atoms with Crippen LogP contribution in [0.1, 0.15) is 81.9 Å². The van der Waals surface area contributed by atoms with Crippen LogP contribution in [-0.2, 0) is 10.2 Å². The van der Waals surface area contributed by atoms with E-state index >= 15 is 0 Å². The average Bonchev–Trinajstić information content (AvgIpc) is 2.79. The summed E-state index contributed by atoms with van der Waals surface area (Å²) in [5.41, 5.74) is 0.438. The highest BCUT2D eigenvalue weighted by Gasteiger charge is 2.30. The highest BCUT2D eigenvalue weighted by molar-refractivity contribution is 5.87. The fourth-order valence-corrected chi connectivity index (χ4v) is 1.92. The fourth-order valence-electron chi connectivity index (χ4n) is 1.92. The van der Waals surface area contributed by atoms with E-state index in [0.717, 1.165) is 19.3 Å². The molecule has 0 fully saturated rings. The molecule has 0 aromatic carbocycles. The zero-order valence-corrected chi connectivity index (χ0v) is 12.9. The molecule has 1 heterocycles. The van der Waals surface area contributed by atoms with E-state index in [0.29, 0.717) is 11.6 Å². The first-order valence-corrected chi connectivity index (χ1v) is 6.90. The maximum absolute atomic E-state index is 11.8. The van der Waals surface area contributed by atoms with Crippen molar-refractivity contribution in [1.29, 1.82) is 0 Å². The molecular formula is C15H25NO3. The van der Waals surface area contributed by atoms with E-state index in [4.69, 9.17) is 9.15 Å². The van der Waals surface area contributed by atoms with Gasteiger partial charge >= 0.3 is 5.97 Å². The standard InChI is InChI=1S/C15H25NO3/c1-7-8-9-10(2)13-16-12(15(3,4)5)11(19-13)14(17)18-6/h10H,7-9H2,1-6H3. The topological polar surface area (TPSA) is 52.3 Å². The average molecular weight is 267 g/mol. The highest BCUT2D eigenvalue weighted by Crippen LogP contribution is 2.30. The Hall–Kier alpha value is -1.32. The molecule has 108 valence electrons. The van der Waals surface area contributed by atoms with Gasteiger partial charge in [0.2, 0.25) is 5.76 Å². The van der Waals surface area contributed by atoms with E-state index < -0.39 is 5.97 Å². The van der Waals surface area contributed by atoms with Gasteiger partial charge in [0.15, 0.2) is 5.89 Å². The van der Waals surface area contributed by atoms with E-state index in [2.05, 4.69) is 18.8 Å². The lowest BCUT2D eigenvalue weighted by atomic mass is 9.91. The Morgan fingerprint density at radius 2 is 2.05 bits per heavy atom. The predicted octanol–water partition coefficient (Wildman–Crippen LogP) is 4.05. The number of ether oxygens (including phenoxy) is 1. The van der Waals surface area contributed by atoms with Crippen LogP contribution in [-0.4, -0.2) is 18.1 Å². The number of carbonyl (C=O) groups excluding carboxylic acids is 1. The number of rotatable bonds is 5. The first-order valence-electron chi connectivity index (χ1n) is 6.90. The van der Waals surface area contributed by atoms with Crippen molar-refractivity contribution in [2.24, 2.45) is 0 Å². The normalized spacial score (nSPS) is 13.4. The minimum absolute atomic E-state index is 0.222. The number of nitrogens with zero attached hydrogens (tertiary/aromatic N) is 1. The van der Waals surface area contributed by atoms with Crippen molar-refractivity contribution in [2.75, 3.05) is 7.11 Å². The summed E-state index contributed by atoms with van der Waals surface area (Å²) in [6.45, 7) is 10.3. The zero-order valence-electron chi connectivity index (χ0n) is 12.9. The summed E-state index contributed by atoms with van der Waals surface area (Å²) in [6.07, 6.45) is 3.28. The molecule has 0 saturated heterocycles. The maximum Gasteiger partial charge on any atom is 0.376 e. The Bertz CT molecular complexity index is 429. The third-order valence-corrected chi connectivity index (χ3v) is 3.14. The number of oxazole rings is 1. The summed E-state index contributed by atoms with van der Waals surface area (Å²) >= 11 is 0. The Balaban J connectivity index is 3.10. The van der Waals surface area contributed by atoms with Crippen LogP contribution in [0.25, 0.3) is 0 Å². The number of hydrogen-bond donors (Lipinski definition) is 0. The largest absolute Gasteiger partial charge is 0.463 e. The molecular weight excluding hydrogens is 242 g/mol. The van der Waals surface area contributed by atoms with Gasteiger partial charge in [-0.15, -0.1) is 0 Å². The van der Waals surface area contributed by atoms with Gasteiger partial charge in [-0.1, -0.05) is 47.5 Å². The second-order valence-electron chi connectivity index (χ2n) is 6.01. The molecule has 1 unspecified atom stereocenters. The zero-order chi connectivity index (χ0) is 14.6. The monoisotopic (exact) mass is 267 g/mol. The molecule has 4 heteroatoms. The molecule has 0 aliphatic rings. The lowest BCUT2D eigenvalue weighted by molar-refractivity contribution is 0.0558. The van der Waals surface area contributed by atoms with Crippen LogP contribution in [0.5, 0.6) is 0 Å². The SMILES string of the molecule is CCCCC(C)c1nc(C(C)(C)C)c(C(=O)OC)o1. The number of carbonyl (C=O) groups is 1. The van der Waals surface area contributed by atoms with Gasteiger partial charge in [-0.25, -0.2) is 9.78 Å². The van der Waals surface area contributed by atoms with Crippen LogP contribution in [0.2, 0.25) is 0 Å². The third kappa shape index (κ3) is 3.82. The molecule has 19 heavy (non-hydrogen) atoms. The first-order chi connectivity index (χ1) is 8.81. The van der Waals surface area contributed by atoms with Crippen molar-refractivity contribution in [3.63, 3.8) is 0 Å². The minimum Gasteiger partial charge on any atom is -0.463 e. The number of esters is 1. The van der Waals surface area contributed by atoms with E-state index in [1.807, 2.05) is 20.8 Å². The quantitative estimate of drug-likeness (QED) is 0.755. The maximum atomic E-state index is 11.8. The summed E-state index contributed by atoms with van der Waals surface area (Å²) in [7, 11) is 1.36. The summed E-state index contributed by atoms with van der Waals surface area (Å²) in [4.78, 5) is 16.3. The minimum atomic E-state index is -0.452. The van der Waals surface area contributed by atoms with Gasteiger partial charge in [-0.3, -0.25) is 0 Å². The van der Waals surface area contributed by atoms with Crippen molar-refractivity contribution in [3.05, 3.63) is 17.3 Å². The predicted molar refractivity (Wildman–Crippen MR) is 74.5 cm³/mol. The van der Waals surface area contributed by atoms with Crippen molar-refractivity contribution in [3.8, 4) is 0 Å². The lowest BCUT2D eigenvalue weighted by Crippen LogP contribution is -2.17. The number of aromatic nitrogens is 1. The van der Waals surface area contributed by atoms with Crippen LogP contribution in [0.4, 0.5) is 0 Å². The Kier molecular flexibility index (Phi) is 5.15. The molecule has 1 rings (SSSR count). The van der Waals surface area contributed by atoms with Crippen LogP contribution >= 0.6 is 0 Å². The Labute approximate surface area is 115 Å². The summed E-state index contributed by atoms with van der Waals surface area (Å²) in [5, 5.41) is 0. The van der Waals surface area contributed by atoms with Crippen molar-refractivity contribution < 1.29 is 13.9 Å². The van der Waals surface area contributed by atoms with Gasteiger partial charge in [0, 0.05) is 11.3 Å². The Morgan fingerprint density at radius 1 is 1.42 bits per heavy atom. The van der Waals surface area contributed by atoms with Gasteiger partial charge in [-0.05, 0) is 6.42 Å². The highest BCUT2D eigenvalue weighted by atomic mass is 16.5.